The highest BCUT2D eigenvalue weighted by atomic mass is 19.4. The van der Waals surface area contributed by atoms with Gasteiger partial charge in [0, 0.05) is 24.5 Å². The molecule has 0 radical (unpaired) electrons. The number of alkyl halides is 3. The van der Waals surface area contributed by atoms with Gasteiger partial charge in [-0.3, -0.25) is 15.2 Å². The van der Waals surface area contributed by atoms with Crippen LogP contribution in [-0.4, -0.2) is 39.6 Å². The van der Waals surface area contributed by atoms with Gasteiger partial charge < -0.3 is 15.4 Å². The van der Waals surface area contributed by atoms with E-state index in [1.165, 1.54) is 29.4 Å². The van der Waals surface area contributed by atoms with Gasteiger partial charge in [0.1, 0.15) is 17.1 Å². The number of benzene rings is 1. The van der Waals surface area contributed by atoms with E-state index in [1.807, 2.05) is 0 Å². The molecule has 30 heavy (non-hydrogen) atoms. The maximum atomic E-state index is 13.1. The molecule has 1 aliphatic rings. The highest BCUT2D eigenvalue weighted by Gasteiger charge is 2.51. The van der Waals surface area contributed by atoms with Crippen LogP contribution in [0.5, 0.6) is 5.75 Å². The number of amidine groups is 1. The van der Waals surface area contributed by atoms with E-state index >= 15 is 0 Å². The third kappa shape index (κ3) is 3.91. The summed E-state index contributed by atoms with van der Waals surface area (Å²) in [5.41, 5.74) is 5.30. The Kier molecular flexibility index (Phi) is 5.15. The first-order chi connectivity index (χ1) is 13.9. The first-order valence-corrected chi connectivity index (χ1v) is 8.71. The Balaban J connectivity index is 1.90. The summed E-state index contributed by atoms with van der Waals surface area (Å²) in [5.74, 6) is -1.24. The maximum Gasteiger partial charge on any atom is 0.573 e. The summed E-state index contributed by atoms with van der Waals surface area (Å²) in [4.78, 5) is 32.1. The fourth-order valence-corrected chi connectivity index (χ4v) is 3.10. The largest absolute Gasteiger partial charge is 0.573 e. The van der Waals surface area contributed by atoms with Gasteiger partial charge in [0.25, 0.3) is 5.91 Å². The van der Waals surface area contributed by atoms with Gasteiger partial charge in [-0.15, -0.1) is 13.2 Å². The van der Waals surface area contributed by atoms with E-state index in [-0.39, 0.29) is 18.1 Å². The number of nitrogens with zero attached hydrogens (tertiary/aromatic N) is 3. The van der Waals surface area contributed by atoms with Gasteiger partial charge in [-0.1, -0.05) is 0 Å². The average molecular weight is 421 g/mol. The second-order valence-electron chi connectivity index (χ2n) is 7.06. The first-order valence-electron chi connectivity index (χ1n) is 8.71. The monoisotopic (exact) mass is 421 g/mol. The molecule has 11 heteroatoms. The number of aromatic nitrogens is 1. The summed E-state index contributed by atoms with van der Waals surface area (Å²) in [6.07, 6.45) is -1.98. The molecule has 1 saturated heterocycles. The smallest absolute Gasteiger partial charge is 0.406 e. The Morgan fingerprint density at radius 1 is 1.20 bits per heavy atom. The van der Waals surface area contributed by atoms with E-state index in [0.29, 0.717) is 11.1 Å². The second kappa shape index (κ2) is 7.32. The Hall–Kier alpha value is -3.63. The average Bonchev–Trinajstić information content (AvgIpc) is 2.81. The van der Waals surface area contributed by atoms with Crippen molar-refractivity contribution < 1.29 is 27.5 Å². The van der Waals surface area contributed by atoms with E-state index < -0.39 is 29.6 Å². The van der Waals surface area contributed by atoms with Crippen molar-refractivity contribution in [1.29, 1.82) is 5.41 Å². The minimum absolute atomic E-state index is 0.0131. The lowest BCUT2D eigenvalue weighted by Gasteiger charge is -2.28. The Labute approximate surface area is 169 Å². The number of anilines is 1. The molecule has 1 aliphatic heterocycles. The summed E-state index contributed by atoms with van der Waals surface area (Å²) in [5, 5.41) is 7.66. The topological polar surface area (TPSA) is 113 Å². The third-order valence-electron chi connectivity index (χ3n) is 4.68. The molecule has 0 unspecified atom stereocenters. The molecule has 1 aromatic carbocycles. The summed E-state index contributed by atoms with van der Waals surface area (Å²) in [7, 11) is 0. The molecule has 1 aromatic heterocycles. The molecule has 0 aliphatic carbocycles. The predicted molar refractivity (Wildman–Crippen MR) is 101 cm³/mol. The number of nitrogens with one attached hydrogen (secondary N) is 1. The van der Waals surface area contributed by atoms with Crippen LogP contribution < -0.4 is 15.4 Å². The quantitative estimate of drug-likeness (QED) is 0.438. The number of carbonyl (C=O) groups is 2. The number of rotatable bonds is 5. The lowest BCUT2D eigenvalue weighted by atomic mass is 10.0. The number of ether oxygens (including phenoxy) is 1. The summed E-state index contributed by atoms with van der Waals surface area (Å²) < 4.78 is 40.8. The molecule has 8 nitrogen and oxygen atoms in total. The summed E-state index contributed by atoms with van der Waals surface area (Å²) >= 11 is 0. The van der Waals surface area contributed by atoms with Gasteiger partial charge in [-0.2, -0.15) is 0 Å². The van der Waals surface area contributed by atoms with Crippen molar-refractivity contribution in [2.24, 2.45) is 5.73 Å². The van der Waals surface area contributed by atoms with E-state index in [1.54, 1.807) is 19.9 Å². The van der Waals surface area contributed by atoms with Gasteiger partial charge in [0.05, 0.1) is 5.69 Å². The van der Waals surface area contributed by atoms with Crippen LogP contribution in [0.2, 0.25) is 0 Å². The molecule has 2 aromatic rings. The number of carbonyl (C=O) groups excluding carboxylic acids is 2. The number of urea groups is 1. The standard InChI is InChI=1S/C19H18F3N5O3/c1-18(2)16(28)27(12-3-5-13(6-4-12)30-19(20,21)22)17(29)26(18)10-11-7-8-25-9-14(11)15(23)24/h3-9H,10H2,1-2H3,(H3,23,24). The number of nitrogen functional groups attached to an aromatic ring is 1. The third-order valence-corrected chi connectivity index (χ3v) is 4.68. The predicted octanol–water partition coefficient (Wildman–Crippen LogP) is 3.01. The fraction of sp³-hybridized carbons (Fsp3) is 0.263. The van der Waals surface area contributed by atoms with Crippen LogP contribution in [0.3, 0.4) is 0 Å². The van der Waals surface area contributed by atoms with Crippen molar-refractivity contribution in [2.45, 2.75) is 32.3 Å². The normalized spacial score (nSPS) is 16.2. The van der Waals surface area contributed by atoms with Crippen LogP contribution >= 0.6 is 0 Å². The Morgan fingerprint density at radius 3 is 2.40 bits per heavy atom. The summed E-state index contributed by atoms with van der Waals surface area (Å²) in [6.45, 7) is 3.10. The molecule has 3 rings (SSSR count). The molecule has 0 atom stereocenters. The summed E-state index contributed by atoms with van der Waals surface area (Å²) in [6, 6.07) is 5.39. The maximum absolute atomic E-state index is 13.1. The number of imide groups is 1. The molecular weight excluding hydrogens is 403 g/mol. The number of amides is 3. The molecule has 1 fully saturated rings. The molecule has 0 bridgehead atoms. The zero-order valence-electron chi connectivity index (χ0n) is 16.0. The fourth-order valence-electron chi connectivity index (χ4n) is 3.10. The molecule has 0 saturated carbocycles. The number of hydrogen-bond donors (Lipinski definition) is 2. The van der Waals surface area contributed by atoms with E-state index in [9.17, 15) is 22.8 Å². The van der Waals surface area contributed by atoms with Crippen LogP contribution in [0.1, 0.15) is 25.0 Å². The van der Waals surface area contributed by atoms with Crippen molar-refractivity contribution >= 4 is 23.5 Å². The number of hydrogen-bond acceptors (Lipinski definition) is 5. The van der Waals surface area contributed by atoms with Crippen LogP contribution in [0.15, 0.2) is 42.7 Å². The lowest BCUT2D eigenvalue weighted by molar-refractivity contribution is -0.274. The van der Waals surface area contributed by atoms with E-state index in [0.717, 1.165) is 17.0 Å². The van der Waals surface area contributed by atoms with Crippen LogP contribution in [0.25, 0.3) is 0 Å². The minimum Gasteiger partial charge on any atom is -0.406 e. The SMILES string of the molecule is CC1(C)C(=O)N(c2ccc(OC(F)(F)F)cc2)C(=O)N1Cc1ccncc1C(=N)N. The Morgan fingerprint density at radius 2 is 1.83 bits per heavy atom. The van der Waals surface area contributed by atoms with Gasteiger partial charge >= 0.3 is 12.4 Å². The van der Waals surface area contributed by atoms with Gasteiger partial charge in [0.15, 0.2) is 0 Å². The molecule has 0 spiro atoms. The highest BCUT2D eigenvalue weighted by Crippen LogP contribution is 2.34. The van der Waals surface area contributed by atoms with Gasteiger partial charge in [-0.05, 0) is 49.7 Å². The van der Waals surface area contributed by atoms with Crippen molar-refractivity contribution in [3.63, 3.8) is 0 Å². The van der Waals surface area contributed by atoms with E-state index in [4.69, 9.17) is 11.1 Å². The highest BCUT2D eigenvalue weighted by molar-refractivity contribution is 6.23. The molecule has 158 valence electrons. The molecular formula is C19H18F3N5O3. The zero-order chi connectivity index (χ0) is 22.3. The molecule has 3 amide bonds. The Bertz CT molecular complexity index is 1010. The van der Waals surface area contributed by atoms with Crippen molar-refractivity contribution in [3.8, 4) is 5.75 Å². The lowest BCUT2D eigenvalue weighted by Crippen LogP contribution is -2.44. The van der Waals surface area contributed by atoms with Gasteiger partial charge in [-0.25, -0.2) is 9.69 Å². The zero-order valence-corrected chi connectivity index (χ0v) is 16.0. The number of halogens is 3. The van der Waals surface area contributed by atoms with Crippen LogP contribution in [0, 0.1) is 5.41 Å². The molecule has 2 heterocycles. The molecule has 3 N–H and O–H groups in total. The van der Waals surface area contributed by atoms with E-state index in [2.05, 4.69) is 9.72 Å². The minimum atomic E-state index is -4.85. The number of nitrogens with two attached hydrogens (primary N) is 1. The first kappa shape index (κ1) is 21.1. The van der Waals surface area contributed by atoms with Crippen molar-refractivity contribution in [3.05, 3.63) is 53.9 Å². The van der Waals surface area contributed by atoms with Crippen molar-refractivity contribution in [1.82, 2.24) is 9.88 Å². The second-order valence-corrected chi connectivity index (χ2v) is 7.06. The van der Waals surface area contributed by atoms with Crippen LogP contribution in [0.4, 0.5) is 23.7 Å². The van der Waals surface area contributed by atoms with Crippen LogP contribution in [-0.2, 0) is 11.3 Å². The number of pyridine rings is 1. The van der Waals surface area contributed by atoms with Gasteiger partial charge in [0.2, 0.25) is 0 Å². The van der Waals surface area contributed by atoms with Crippen molar-refractivity contribution in [2.75, 3.05) is 4.90 Å².